The number of thioether (sulfide) groups is 1. The summed E-state index contributed by atoms with van der Waals surface area (Å²) in [7, 11) is 0. The number of nitrogen functional groups attached to an aromatic ring is 1. The number of hydrogen-bond acceptors (Lipinski definition) is 6. The molecule has 0 unspecified atom stereocenters. The number of nitrogens with one attached hydrogen (secondary N) is 1. The third-order valence-corrected chi connectivity index (χ3v) is 5.61. The van der Waals surface area contributed by atoms with Crippen molar-refractivity contribution >= 4 is 34.7 Å². The second-order valence-corrected chi connectivity index (χ2v) is 7.71. The topological polar surface area (TPSA) is 85.8 Å². The number of carbonyl (C=O) groups is 1. The number of aromatic nitrogens is 3. The number of thiophene rings is 1. The molecule has 3 rings (SSSR count). The fraction of sp³-hybridized carbons (Fsp3) is 0.235. The maximum Gasteiger partial charge on any atom is 0.237 e. The molecule has 25 heavy (non-hydrogen) atoms. The first kappa shape index (κ1) is 17.5. The highest BCUT2D eigenvalue weighted by atomic mass is 32.2. The molecule has 2 aromatic heterocycles. The van der Waals surface area contributed by atoms with Gasteiger partial charge in [-0.2, -0.15) is 0 Å². The minimum absolute atomic E-state index is 0.102. The highest BCUT2D eigenvalue weighted by Gasteiger charge is 2.20. The first-order valence-corrected chi connectivity index (χ1v) is 9.65. The molecular weight excluding hydrogens is 354 g/mol. The third kappa shape index (κ3) is 4.02. The van der Waals surface area contributed by atoms with E-state index in [4.69, 9.17) is 5.84 Å². The molecule has 1 atom stereocenters. The fourth-order valence-corrected chi connectivity index (χ4v) is 3.69. The molecule has 0 radical (unpaired) electrons. The van der Waals surface area contributed by atoms with Gasteiger partial charge in [-0.05, 0) is 42.5 Å². The summed E-state index contributed by atoms with van der Waals surface area (Å²) in [5, 5.41) is 13.2. The van der Waals surface area contributed by atoms with Crippen molar-refractivity contribution in [1.29, 1.82) is 0 Å². The average Bonchev–Trinajstić information content (AvgIpc) is 3.26. The van der Waals surface area contributed by atoms with E-state index in [1.807, 2.05) is 48.7 Å². The van der Waals surface area contributed by atoms with Gasteiger partial charge in [-0.3, -0.25) is 4.79 Å². The van der Waals surface area contributed by atoms with Gasteiger partial charge < -0.3 is 11.2 Å². The summed E-state index contributed by atoms with van der Waals surface area (Å²) in [6.07, 6.45) is 0.971. The van der Waals surface area contributed by atoms with Gasteiger partial charge in [-0.15, -0.1) is 21.5 Å². The smallest absolute Gasteiger partial charge is 0.237 e. The summed E-state index contributed by atoms with van der Waals surface area (Å²) in [5.74, 6) is 6.57. The molecule has 0 saturated carbocycles. The van der Waals surface area contributed by atoms with Crippen molar-refractivity contribution in [1.82, 2.24) is 14.9 Å². The van der Waals surface area contributed by atoms with Crippen molar-refractivity contribution < 1.29 is 4.79 Å². The highest BCUT2D eigenvalue weighted by molar-refractivity contribution is 8.00. The van der Waals surface area contributed by atoms with Crippen LogP contribution in [0.2, 0.25) is 0 Å². The van der Waals surface area contributed by atoms with Gasteiger partial charge in [0.25, 0.3) is 0 Å². The van der Waals surface area contributed by atoms with Crippen LogP contribution in [0.15, 0.2) is 46.9 Å². The molecule has 8 heteroatoms. The Hall–Kier alpha value is -2.32. The Morgan fingerprint density at radius 2 is 2.08 bits per heavy atom. The lowest BCUT2D eigenvalue weighted by Crippen LogP contribution is -2.23. The summed E-state index contributed by atoms with van der Waals surface area (Å²) < 4.78 is 1.43. The van der Waals surface area contributed by atoms with Gasteiger partial charge >= 0.3 is 0 Å². The van der Waals surface area contributed by atoms with Crippen LogP contribution in [0.1, 0.15) is 19.4 Å². The van der Waals surface area contributed by atoms with Crippen LogP contribution in [0.5, 0.6) is 0 Å². The Morgan fingerprint density at radius 1 is 1.32 bits per heavy atom. The zero-order chi connectivity index (χ0) is 17.8. The maximum atomic E-state index is 12.4. The first-order chi connectivity index (χ1) is 12.1. The number of aryl methyl sites for hydroxylation is 1. The number of nitrogens with zero attached hydrogens (tertiary/aromatic N) is 3. The lowest BCUT2D eigenvalue weighted by molar-refractivity contribution is -0.115. The van der Waals surface area contributed by atoms with Crippen LogP contribution >= 0.6 is 23.1 Å². The standard InChI is InChI=1S/C17H19N5OS2/c1-3-12-6-8-13(9-7-12)19-16(23)11(2)25-17-21-20-15(22(17)18)14-5-4-10-24-14/h4-11H,3,18H2,1-2H3,(H,19,23)/t11-/m1/s1. The zero-order valence-electron chi connectivity index (χ0n) is 14.0. The number of rotatable bonds is 6. The number of anilines is 1. The number of hydrogen-bond donors (Lipinski definition) is 2. The zero-order valence-corrected chi connectivity index (χ0v) is 15.6. The highest BCUT2D eigenvalue weighted by Crippen LogP contribution is 2.27. The van der Waals surface area contributed by atoms with E-state index < -0.39 is 0 Å². The normalized spacial score (nSPS) is 12.1. The van der Waals surface area contributed by atoms with E-state index >= 15 is 0 Å². The van der Waals surface area contributed by atoms with Crippen molar-refractivity contribution in [3.63, 3.8) is 0 Å². The molecule has 130 valence electrons. The fourth-order valence-electron chi connectivity index (χ4n) is 2.21. The van der Waals surface area contributed by atoms with E-state index in [1.165, 1.54) is 22.0 Å². The molecule has 0 aliphatic heterocycles. The molecule has 3 aromatic rings. The van der Waals surface area contributed by atoms with Crippen LogP contribution in [0.4, 0.5) is 5.69 Å². The van der Waals surface area contributed by atoms with Crippen molar-refractivity contribution in [2.24, 2.45) is 0 Å². The molecule has 0 bridgehead atoms. The van der Waals surface area contributed by atoms with Gasteiger partial charge in [0, 0.05) is 5.69 Å². The third-order valence-electron chi connectivity index (χ3n) is 3.69. The van der Waals surface area contributed by atoms with Crippen LogP contribution in [0.25, 0.3) is 10.7 Å². The molecule has 0 saturated heterocycles. The van der Waals surface area contributed by atoms with Gasteiger partial charge in [0.1, 0.15) is 0 Å². The molecule has 0 fully saturated rings. The Labute approximate surface area is 154 Å². The van der Waals surface area contributed by atoms with Gasteiger partial charge in [0.05, 0.1) is 10.1 Å². The SMILES string of the molecule is CCc1ccc(NC(=O)[C@@H](C)Sc2nnc(-c3cccs3)n2N)cc1. The molecule has 1 aromatic carbocycles. The maximum absolute atomic E-state index is 12.4. The van der Waals surface area contributed by atoms with E-state index in [-0.39, 0.29) is 11.2 Å². The number of amides is 1. The number of nitrogens with two attached hydrogens (primary N) is 1. The van der Waals surface area contributed by atoms with Crippen molar-refractivity contribution in [3.05, 3.63) is 47.3 Å². The van der Waals surface area contributed by atoms with Crippen LogP contribution in [-0.2, 0) is 11.2 Å². The van der Waals surface area contributed by atoms with E-state index in [1.54, 1.807) is 11.3 Å². The first-order valence-electron chi connectivity index (χ1n) is 7.89. The summed E-state index contributed by atoms with van der Waals surface area (Å²) in [6.45, 7) is 3.92. The molecule has 0 aliphatic rings. The predicted octanol–water partition coefficient (Wildman–Crippen LogP) is 3.40. The van der Waals surface area contributed by atoms with E-state index in [0.717, 1.165) is 17.0 Å². The second kappa shape index (κ2) is 7.71. The summed E-state index contributed by atoms with van der Waals surface area (Å²) in [5.41, 5.74) is 2.01. The molecule has 3 N–H and O–H groups in total. The van der Waals surface area contributed by atoms with Gasteiger partial charge in [0.2, 0.25) is 11.1 Å². The predicted molar refractivity (Wildman–Crippen MR) is 103 cm³/mol. The van der Waals surface area contributed by atoms with Crippen molar-refractivity contribution in [2.45, 2.75) is 30.7 Å². The molecule has 2 heterocycles. The minimum atomic E-state index is -0.353. The van der Waals surface area contributed by atoms with Crippen LogP contribution in [0, 0.1) is 0 Å². The van der Waals surface area contributed by atoms with Gasteiger partial charge in [-0.25, -0.2) is 4.68 Å². The lowest BCUT2D eigenvalue weighted by atomic mass is 10.1. The Kier molecular flexibility index (Phi) is 5.40. The summed E-state index contributed by atoms with van der Waals surface area (Å²) in [6, 6.07) is 11.7. The van der Waals surface area contributed by atoms with E-state index in [9.17, 15) is 4.79 Å². The monoisotopic (exact) mass is 373 g/mol. The molecule has 0 spiro atoms. The Bertz CT molecular complexity index is 843. The van der Waals surface area contributed by atoms with Gasteiger partial charge in [0.15, 0.2) is 5.82 Å². The van der Waals surface area contributed by atoms with Gasteiger partial charge in [-0.1, -0.05) is 36.9 Å². The average molecular weight is 374 g/mol. The van der Waals surface area contributed by atoms with Crippen LogP contribution in [0.3, 0.4) is 0 Å². The largest absolute Gasteiger partial charge is 0.335 e. The van der Waals surface area contributed by atoms with E-state index in [0.29, 0.717) is 11.0 Å². The molecule has 0 aliphatic carbocycles. The second-order valence-electron chi connectivity index (χ2n) is 5.45. The van der Waals surface area contributed by atoms with Crippen LogP contribution in [-0.4, -0.2) is 26.0 Å². The van der Waals surface area contributed by atoms with E-state index in [2.05, 4.69) is 22.4 Å². The Balaban J connectivity index is 1.65. The molecule has 1 amide bonds. The molecule has 6 nitrogen and oxygen atoms in total. The van der Waals surface area contributed by atoms with Crippen molar-refractivity contribution in [2.75, 3.05) is 11.2 Å². The summed E-state index contributed by atoms with van der Waals surface area (Å²) >= 11 is 2.82. The molecular formula is C17H19N5OS2. The quantitative estimate of drug-likeness (QED) is 0.511. The summed E-state index contributed by atoms with van der Waals surface area (Å²) in [4.78, 5) is 13.3. The number of carbonyl (C=O) groups excluding carboxylic acids is 1. The van der Waals surface area contributed by atoms with Crippen molar-refractivity contribution in [3.8, 4) is 10.7 Å². The minimum Gasteiger partial charge on any atom is -0.335 e. The number of benzene rings is 1. The van der Waals surface area contributed by atoms with Crippen LogP contribution < -0.4 is 11.2 Å². The Morgan fingerprint density at radius 3 is 2.72 bits per heavy atom. The lowest BCUT2D eigenvalue weighted by Gasteiger charge is -2.11.